The second kappa shape index (κ2) is 10.8. The molecule has 0 atom stereocenters. The lowest BCUT2D eigenvalue weighted by Crippen LogP contribution is -2.42. The minimum absolute atomic E-state index is 0.0149. The highest BCUT2D eigenvalue weighted by Gasteiger charge is 2.32. The van der Waals surface area contributed by atoms with Gasteiger partial charge in [0, 0.05) is 37.7 Å². The first-order valence-electron chi connectivity index (χ1n) is 10.5. The van der Waals surface area contributed by atoms with Crippen LogP contribution in [0, 0.1) is 0 Å². The van der Waals surface area contributed by atoms with Gasteiger partial charge in [0.05, 0.1) is 20.8 Å². The summed E-state index contributed by atoms with van der Waals surface area (Å²) in [7, 11) is 3.28. The molecule has 1 saturated carbocycles. The Balaban J connectivity index is 1.73. The number of nitrogens with two attached hydrogens (primary N) is 1. The molecule has 0 unspecified atom stereocenters. The number of hydrogen-bond donors (Lipinski definition) is 1. The van der Waals surface area contributed by atoms with Crippen LogP contribution >= 0.6 is 0 Å². The second-order valence-electron chi connectivity index (χ2n) is 7.83. The lowest BCUT2D eigenvalue weighted by molar-refractivity contribution is -0.133. The first-order valence-corrected chi connectivity index (χ1v) is 10.5. The fraction of sp³-hybridized carbons (Fsp3) is 0.417. The molecule has 0 spiro atoms. The monoisotopic (exact) mass is 425 g/mol. The maximum absolute atomic E-state index is 13.2. The third-order valence-corrected chi connectivity index (χ3v) is 5.46. The Morgan fingerprint density at radius 2 is 1.77 bits per heavy atom. The molecule has 1 fully saturated rings. The molecular weight excluding hydrogens is 394 g/mol. The van der Waals surface area contributed by atoms with Crippen LogP contribution in [0.4, 0.5) is 0 Å². The number of benzene rings is 2. The summed E-state index contributed by atoms with van der Waals surface area (Å²) in [5.41, 5.74) is 7.34. The van der Waals surface area contributed by atoms with Crippen molar-refractivity contribution in [2.45, 2.75) is 38.4 Å². The van der Waals surface area contributed by atoms with Gasteiger partial charge in [0.15, 0.2) is 0 Å². The van der Waals surface area contributed by atoms with E-state index in [1.54, 1.807) is 19.1 Å². The van der Waals surface area contributed by atoms with Gasteiger partial charge in [0.1, 0.15) is 11.5 Å². The van der Waals surface area contributed by atoms with E-state index in [2.05, 4.69) is 4.90 Å². The number of methoxy groups -OCH3 is 2. The van der Waals surface area contributed by atoms with Gasteiger partial charge in [0.25, 0.3) is 0 Å². The van der Waals surface area contributed by atoms with Crippen LogP contribution in [-0.4, -0.2) is 55.0 Å². The molecule has 0 heterocycles. The number of rotatable bonds is 12. The van der Waals surface area contributed by atoms with Crippen LogP contribution in [0.1, 0.15) is 30.4 Å². The number of primary amides is 1. The lowest BCUT2D eigenvalue weighted by Gasteiger charge is -2.28. The number of carbonyl (C=O) groups excluding carboxylic acids is 2. The van der Waals surface area contributed by atoms with Crippen molar-refractivity contribution in [3.63, 3.8) is 0 Å². The average molecular weight is 426 g/mol. The third kappa shape index (κ3) is 6.72. The first kappa shape index (κ1) is 22.6. The summed E-state index contributed by atoms with van der Waals surface area (Å²) < 4.78 is 10.9. The van der Waals surface area contributed by atoms with Crippen molar-refractivity contribution in [1.29, 1.82) is 0 Å². The van der Waals surface area contributed by atoms with Crippen LogP contribution in [0.2, 0.25) is 0 Å². The maximum atomic E-state index is 13.2. The van der Waals surface area contributed by atoms with Gasteiger partial charge >= 0.3 is 0 Å². The molecule has 7 nitrogen and oxygen atoms in total. The van der Waals surface area contributed by atoms with Crippen molar-refractivity contribution in [3.05, 3.63) is 59.7 Å². The highest BCUT2D eigenvalue weighted by Crippen LogP contribution is 2.32. The van der Waals surface area contributed by atoms with Crippen molar-refractivity contribution in [2.75, 3.05) is 27.3 Å². The van der Waals surface area contributed by atoms with Crippen molar-refractivity contribution < 1.29 is 19.1 Å². The van der Waals surface area contributed by atoms with Gasteiger partial charge < -0.3 is 20.1 Å². The van der Waals surface area contributed by atoms with E-state index in [0.29, 0.717) is 25.7 Å². The molecule has 0 radical (unpaired) electrons. The number of ether oxygens (including phenoxy) is 2. The van der Waals surface area contributed by atoms with Gasteiger partial charge in [-0.2, -0.15) is 0 Å². The molecule has 3 rings (SSSR count). The molecule has 0 aromatic heterocycles. The Morgan fingerprint density at radius 3 is 2.39 bits per heavy atom. The van der Waals surface area contributed by atoms with Gasteiger partial charge in [0.2, 0.25) is 11.8 Å². The van der Waals surface area contributed by atoms with E-state index in [9.17, 15) is 9.59 Å². The molecule has 2 aromatic rings. The maximum Gasteiger partial charge on any atom is 0.237 e. The molecule has 0 saturated heterocycles. The second-order valence-corrected chi connectivity index (χ2v) is 7.83. The molecule has 0 aliphatic heterocycles. The summed E-state index contributed by atoms with van der Waals surface area (Å²) in [6.45, 7) is 1.63. The standard InChI is InChI=1S/C24H31N3O4/c1-30-21-10-11-22(31-2)19(14-21)16-27(20-8-9-20)17-24(29)26(13-12-23(25)28)15-18-6-4-3-5-7-18/h3-7,10-11,14,20H,8-9,12-13,15-17H2,1-2H3,(H2,25,28). The molecule has 2 N–H and O–H groups in total. The van der Waals surface area contributed by atoms with Crippen LogP contribution < -0.4 is 15.2 Å². The summed E-state index contributed by atoms with van der Waals surface area (Å²) in [4.78, 5) is 28.5. The highest BCUT2D eigenvalue weighted by molar-refractivity contribution is 5.80. The van der Waals surface area contributed by atoms with E-state index in [1.165, 1.54) is 0 Å². The van der Waals surface area contributed by atoms with E-state index < -0.39 is 5.91 Å². The molecule has 7 heteroatoms. The van der Waals surface area contributed by atoms with Crippen LogP contribution in [0.3, 0.4) is 0 Å². The van der Waals surface area contributed by atoms with Crippen molar-refractivity contribution in [2.24, 2.45) is 5.73 Å². The number of carbonyl (C=O) groups is 2. The van der Waals surface area contributed by atoms with E-state index >= 15 is 0 Å². The molecule has 2 amide bonds. The summed E-state index contributed by atoms with van der Waals surface area (Å²) in [6, 6.07) is 15.8. The Kier molecular flexibility index (Phi) is 7.89. The quantitative estimate of drug-likeness (QED) is 0.565. The van der Waals surface area contributed by atoms with Crippen LogP contribution in [0.15, 0.2) is 48.5 Å². The summed E-state index contributed by atoms with van der Waals surface area (Å²) in [6.07, 6.45) is 2.28. The number of amides is 2. The molecule has 0 bridgehead atoms. The van der Waals surface area contributed by atoms with Crippen LogP contribution in [-0.2, 0) is 22.7 Å². The topological polar surface area (TPSA) is 85.1 Å². The molecule has 166 valence electrons. The fourth-order valence-corrected chi connectivity index (χ4v) is 3.59. The predicted molar refractivity (Wildman–Crippen MR) is 119 cm³/mol. The molecule has 1 aliphatic carbocycles. The largest absolute Gasteiger partial charge is 0.497 e. The molecule has 2 aromatic carbocycles. The van der Waals surface area contributed by atoms with Crippen molar-refractivity contribution in [1.82, 2.24) is 9.80 Å². The highest BCUT2D eigenvalue weighted by atomic mass is 16.5. The van der Waals surface area contributed by atoms with E-state index in [4.69, 9.17) is 15.2 Å². The third-order valence-electron chi connectivity index (χ3n) is 5.46. The molecule has 1 aliphatic rings. The summed E-state index contributed by atoms with van der Waals surface area (Å²) >= 11 is 0. The summed E-state index contributed by atoms with van der Waals surface area (Å²) in [5, 5.41) is 0. The SMILES string of the molecule is COc1ccc(OC)c(CN(CC(=O)N(CCC(N)=O)Cc2ccccc2)C2CC2)c1. The predicted octanol–water partition coefficient (Wildman–Crippen LogP) is 2.57. The van der Waals surface area contributed by atoms with Crippen LogP contribution in [0.5, 0.6) is 11.5 Å². The minimum atomic E-state index is -0.411. The van der Waals surface area contributed by atoms with Crippen molar-refractivity contribution in [3.8, 4) is 11.5 Å². The average Bonchev–Trinajstić information content (AvgIpc) is 3.62. The summed E-state index contributed by atoms with van der Waals surface area (Å²) in [5.74, 6) is 1.10. The Bertz CT molecular complexity index is 884. The zero-order chi connectivity index (χ0) is 22.2. The van der Waals surface area contributed by atoms with Gasteiger partial charge in [-0.25, -0.2) is 0 Å². The Morgan fingerprint density at radius 1 is 1.03 bits per heavy atom. The van der Waals surface area contributed by atoms with Gasteiger partial charge in [-0.15, -0.1) is 0 Å². The van der Waals surface area contributed by atoms with E-state index in [-0.39, 0.29) is 18.9 Å². The molecule has 31 heavy (non-hydrogen) atoms. The smallest absolute Gasteiger partial charge is 0.237 e. The first-order chi connectivity index (χ1) is 15.0. The lowest BCUT2D eigenvalue weighted by atomic mass is 10.1. The molecular formula is C24H31N3O4. The number of hydrogen-bond acceptors (Lipinski definition) is 5. The zero-order valence-corrected chi connectivity index (χ0v) is 18.3. The van der Waals surface area contributed by atoms with Crippen LogP contribution in [0.25, 0.3) is 0 Å². The normalized spacial score (nSPS) is 13.1. The minimum Gasteiger partial charge on any atom is -0.497 e. The Labute approximate surface area is 183 Å². The van der Waals surface area contributed by atoms with E-state index in [0.717, 1.165) is 35.5 Å². The number of nitrogens with zero attached hydrogens (tertiary/aromatic N) is 2. The zero-order valence-electron chi connectivity index (χ0n) is 18.3. The van der Waals surface area contributed by atoms with Gasteiger partial charge in [-0.05, 0) is 36.6 Å². The Hall–Kier alpha value is -3.06. The van der Waals surface area contributed by atoms with Crippen molar-refractivity contribution >= 4 is 11.8 Å². The van der Waals surface area contributed by atoms with E-state index in [1.807, 2.05) is 48.5 Å². The van der Waals surface area contributed by atoms with Gasteiger partial charge in [-0.3, -0.25) is 14.5 Å². The van der Waals surface area contributed by atoms with Gasteiger partial charge in [-0.1, -0.05) is 30.3 Å². The fourth-order valence-electron chi connectivity index (χ4n) is 3.59.